The van der Waals surface area contributed by atoms with Crippen LogP contribution in [-0.4, -0.2) is 43.9 Å². The van der Waals surface area contributed by atoms with Gasteiger partial charge in [0.2, 0.25) is 5.91 Å². The van der Waals surface area contributed by atoms with Gasteiger partial charge in [0.25, 0.3) is 0 Å². The third kappa shape index (κ3) is 5.76. The van der Waals surface area contributed by atoms with Crippen LogP contribution in [0, 0.1) is 0 Å². The first-order valence-corrected chi connectivity index (χ1v) is 10.3. The zero-order valence-electron chi connectivity index (χ0n) is 17.7. The summed E-state index contributed by atoms with van der Waals surface area (Å²) in [5.41, 5.74) is 1.29. The van der Waals surface area contributed by atoms with E-state index >= 15 is 0 Å². The molecule has 8 nitrogen and oxygen atoms in total. The first-order valence-electron chi connectivity index (χ1n) is 9.53. The van der Waals surface area contributed by atoms with Crippen LogP contribution in [0.5, 0.6) is 23.0 Å². The van der Waals surface area contributed by atoms with Crippen molar-refractivity contribution >= 4 is 51.4 Å². The Labute approximate surface area is 195 Å². The number of halogens is 1. The lowest BCUT2D eigenvalue weighted by atomic mass is 10.2. The van der Waals surface area contributed by atoms with E-state index in [1.165, 1.54) is 7.11 Å². The van der Waals surface area contributed by atoms with Crippen LogP contribution in [0.25, 0.3) is 10.9 Å². The third-order valence-corrected chi connectivity index (χ3v) is 4.90. The van der Waals surface area contributed by atoms with Crippen LogP contribution in [0.2, 0.25) is 5.02 Å². The molecule has 10 heteroatoms. The van der Waals surface area contributed by atoms with Crippen LogP contribution in [0.3, 0.4) is 0 Å². The number of hydrogen-bond acceptors (Lipinski definition) is 7. The second-order valence-corrected chi connectivity index (χ2v) is 7.34. The number of carbonyl (C=O) groups excluding carboxylic acids is 1. The average Bonchev–Trinajstić information content (AvgIpc) is 2.78. The minimum absolute atomic E-state index is 0.164. The predicted molar refractivity (Wildman–Crippen MR) is 127 cm³/mol. The molecule has 1 amide bonds. The summed E-state index contributed by atoms with van der Waals surface area (Å²) in [4.78, 5) is 16.1. The van der Waals surface area contributed by atoms with Crippen LogP contribution >= 0.6 is 23.8 Å². The van der Waals surface area contributed by atoms with E-state index in [-0.39, 0.29) is 17.4 Å². The van der Waals surface area contributed by atoms with Gasteiger partial charge in [-0.05, 0) is 42.5 Å². The molecule has 0 spiro atoms. The highest BCUT2D eigenvalue weighted by Gasteiger charge is 2.13. The van der Waals surface area contributed by atoms with Crippen molar-refractivity contribution in [3.8, 4) is 23.0 Å². The number of hydrogen-bond donors (Lipinski definition) is 2. The molecule has 1 heterocycles. The molecule has 3 aromatic rings. The second-order valence-electron chi connectivity index (χ2n) is 6.53. The van der Waals surface area contributed by atoms with E-state index in [2.05, 4.69) is 15.6 Å². The number of benzene rings is 2. The zero-order chi connectivity index (χ0) is 23.1. The normalized spacial score (nSPS) is 10.5. The van der Waals surface area contributed by atoms with Gasteiger partial charge in [-0.25, -0.2) is 0 Å². The van der Waals surface area contributed by atoms with E-state index in [9.17, 15) is 4.79 Å². The van der Waals surface area contributed by atoms with E-state index in [0.717, 1.165) is 5.39 Å². The minimum atomic E-state index is -0.243. The number of rotatable bonds is 8. The molecule has 0 aliphatic heterocycles. The monoisotopic (exact) mass is 475 g/mol. The Kier molecular flexibility index (Phi) is 8.04. The number of ether oxygens (including phenoxy) is 4. The summed E-state index contributed by atoms with van der Waals surface area (Å²) < 4.78 is 21.6. The van der Waals surface area contributed by atoms with Crippen molar-refractivity contribution in [2.24, 2.45) is 0 Å². The summed E-state index contributed by atoms with van der Waals surface area (Å²) in [7, 11) is 4.65. The van der Waals surface area contributed by atoms with Crippen molar-refractivity contribution in [2.45, 2.75) is 6.42 Å². The minimum Gasteiger partial charge on any atom is -0.493 e. The van der Waals surface area contributed by atoms with Crippen LogP contribution in [0.4, 0.5) is 5.69 Å². The van der Waals surface area contributed by atoms with Gasteiger partial charge in [0.1, 0.15) is 11.5 Å². The number of amides is 1. The molecular weight excluding hydrogens is 454 g/mol. The van der Waals surface area contributed by atoms with Gasteiger partial charge in [-0.2, -0.15) is 0 Å². The summed E-state index contributed by atoms with van der Waals surface area (Å²) in [6, 6.07) is 10.4. The van der Waals surface area contributed by atoms with Crippen molar-refractivity contribution < 1.29 is 23.7 Å². The maximum Gasteiger partial charge on any atom is 0.228 e. The van der Waals surface area contributed by atoms with Gasteiger partial charge in [0.15, 0.2) is 16.6 Å². The van der Waals surface area contributed by atoms with Crippen molar-refractivity contribution in [2.75, 3.05) is 33.3 Å². The molecule has 32 heavy (non-hydrogen) atoms. The highest BCUT2D eigenvalue weighted by atomic mass is 35.5. The lowest BCUT2D eigenvalue weighted by Gasteiger charge is -2.14. The molecular formula is C22H22ClN3O5S. The molecule has 0 aliphatic rings. The Bertz CT molecular complexity index is 1140. The number of anilines is 1. The van der Waals surface area contributed by atoms with Crippen LogP contribution in [0.15, 0.2) is 42.6 Å². The molecule has 3 rings (SSSR count). The summed E-state index contributed by atoms with van der Waals surface area (Å²) >= 11 is 11.6. The number of nitrogens with one attached hydrogen (secondary N) is 2. The average molecular weight is 476 g/mol. The number of pyridine rings is 1. The van der Waals surface area contributed by atoms with E-state index in [0.29, 0.717) is 45.8 Å². The maximum absolute atomic E-state index is 11.7. The number of methoxy groups -OCH3 is 3. The van der Waals surface area contributed by atoms with Crippen molar-refractivity contribution in [1.82, 2.24) is 10.3 Å². The van der Waals surface area contributed by atoms with Gasteiger partial charge >= 0.3 is 0 Å². The van der Waals surface area contributed by atoms with Gasteiger partial charge < -0.3 is 29.6 Å². The lowest BCUT2D eigenvalue weighted by molar-refractivity contribution is -0.120. The standard InChI is InChI=1S/C22H22ClN3O5S/c1-28-9-7-21(27)26-22(32)25-13-4-5-18(15(23)10-13)31-17-6-8-24-16-12-20(30-3)19(29-2)11-14(16)17/h4-6,8,10-12H,7,9H2,1-3H3,(H2,25,26,27,32). The first kappa shape index (κ1) is 23.5. The smallest absolute Gasteiger partial charge is 0.228 e. The topological polar surface area (TPSA) is 90.9 Å². The number of carbonyl (C=O) groups is 1. The SMILES string of the molecule is COCCC(=O)NC(=S)Nc1ccc(Oc2ccnc3cc(OC)c(OC)cc23)c(Cl)c1. The van der Waals surface area contributed by atoms with E-state index < -0.39 is 0 Å². The van der Waals surface area contributed by atoms with Crippen molar-refractivity contribution in [3.05, 3.63) is 47.6 Å². The van der Waals surface area contributed by atoms with Gasteiger partial charge in [-0.3, -0.25) is 9.78 Å². The lowest BCUT2D eigenvalue weighted by Crippen LogP contribution is -2.34. The fraction of sp³-hybridized carbons (Fsp3) is 0.227. The Balaban J connectivity index is 1.77. The number of fused-ring (bicyclic) bond motifs is 1. The molecule has 168 valence electrons. The number of nitrogens with zero attached hydrogens (tertiary/aromatic N) is 1. The largest absolute Gasteiger partial charge is 0.493 e. The highest BCUT2D eigenvalue weighted by molar-refractivity contribution is 7.80. The fourth-order valence-corrected chi connectivity index (χ4v) is 3.31. The zero-order valence-corrected chi connectivity index (χ0v) is 19.3. The molecule has 0 aliphatic carbocycles. The summed E-state index contributed by atoms with van der Waals surface area (Å²) in [6.07, 6.45) is 1.85. The van der Waals surface area contributed by atoms with Gasteiger partial charge in [0, 0.05) is 30.4 Å². The Hall–Kier alpha value is -3.14. The predicted octanol–water partition coefficient (Wildman–Crippen LogP) is 4.55. The van der Waals surface area contributed by atoms with Gasteiger partial charge in [0.05, 0.1) is 37.8 Å². The molecule has 0 bridgehead atoms. The van der Waals surface area contributed by atoms with Crippen molar-refractivity contribution in [3.63, 3.8) is 0 Å². The maximum atomic E-state index is 11.7. The molecule has 0 unspecified atom stereocenters. The molecule has 1 aromatic heterocycles. The van der Waals surface area contributed by atoms with E-state index in [1.807, 2.05) is 0 Å². The van der Waals surface area contributed by atoms with E-state index in [1.54, 1.807) is 56.8 Å². The van der Waals surface area contributed by atoms with E-state index in [4.69, 9.17) is 42.8 Å². The third-order valence-electron chi connectivity index (χ3n) is 4.40. The quantitative estimate of drug-likeness (QED) is 0.458. The molecule has 0 radical (unpaired) electrons. The van der Waals surface area contributed by atoms with Gasteiger partial charge in [-0.1, -0.05) is 11.6 Å². The Morgan fingerprint density at radius 2 is 1.78 bits per heavy atom. The fourth-order valence-electron chi connectivity index (χ4n) is 2.86. The van der Waals surface area contributed by atoms with Gasteiger partial charge in [-0.15, -0.1) is 0 Å². The highest BCUT2D eigenvalue weighted by Crippen LogP contribution is 2.38. The summed E-state index contributed by atoms with van der Waals surface area (Å²) in [6.45, 7) is 0.314. The summed E-state index contributed by atoms with van der Waals surface area (Å²) in [5.74, 6) is 1.88. The van der Waals surface area contributed by atoms with Crippen LogP contribution < -0.4 is 24.8 Å². The molecule has 0 saturated carbocycles. The molecule has 2 aromatic carbocycles. The van der Waals surface area contributed by atoms with Crippen LogP contribution in [0.1, 0.15) is 6.42 Å². The van der Waals surface area contributed by atoms with Crippen molar-refractivity contribution in [1.29, 1.82) is 0 Å². The molecule has 0 fully saturated rings. The first-order chi connectivity index (χ1) is 15.4. The number of thiocarbonyl (C=S) groups is 1. The molecule has 2 N–H and O–H groups in total. The Morgan fingerprint density at radius 3 is 2.47 bits per heavy atom. The van der Waals surface area contributed by atoms with Crippen LogP contribution in [-0.2, 0) is 9.53 Å². The second kappa shape index (κ2) is 10.9. The Morgan fingerprint density at radius 1 is 1.03 bits per heavy atom. The summed E-state index contributed by atoms with van der Waals surface area (Å²) in [5, 5.41) is 6.75. The molecule has 0 saturated heterocycles. The number of aromatic nitrogens is 1. The molecule has 0 atom stereocenters.